The van der Waals surface area contributed by atoms with E-state index in [-0.39, 0.29) is 24.4 Å². The Labute approximate surface area is 118 Å². The molecule has 0 aliphatic rings. The maximum absolute atomic E-state index is 11.9. The monoisotopic (exact) mass is 292 g/mol. The molecule has 1 unspecified atom stereocenters. The van der Waals surface area contributed by atoms with E-state index in [1.165, 1.54) is 11.8 Å². The van der Waals surface area contributed by atoms with Crippen LogP contribution in [0.2, 0.25) is 0 Å². The van der Waals surface area contributed by atoms with Gasteiger partial charge in [0.1, 0.15) is 0 Å². The van der Waals surface area contributed by atoms with Crippen LogP contribution in [0.5, 0.6) is 0 Å². The predicted molar refractivity (Wildman–Crippen MR) is 77.5 cm³/mol. The number of rotatable bonds is 6. The van der Waals surface area contributed by atoms with Crippen LogP contribution < -0.4 is 11.1 Å². The third-order valence-corrected chi connectivity index (χ3v) is 3.00. The summed E-state index contributed by atoms with van der Waals surface area (Å²) in [5.74, 6) is 0.653. The van der Waals surface area contributed by atoms with Crippen LogP contribution in [0.4, 0.5) is 0 Å². The zero-order chi connectivity index (χ0) is 12.8. The molecule has 0 aliphatic carbocycles. The van der Waals surface area contributed by atoms with Crippen molar-refractivity contribution in [2.75, 3.05) is 12.8 Å². The van der Waals surface area contributed by atoms with Crippen LogP contribution in [0.15, 0.2) is 21.6 Å². The lowest BCUT2D eigenvalue weighted by molar-refractivity contribution is 0.0900. The molecule has 1 atom stereocenters. The summed E-state index contributed by atoms with van der Waals surface area (Å²) in [5, 5.41) is 3.62. The van der Waals surface area contributed by atoms with E-state index in [1.807, 2.05) is 6.26 Å². The third-order valence-electron chi connectivity index (χ3n) is 2.38. The standard InChI is InChI=1S/C12H20N2O2S.ClH/c1-8(2)6-9(7-13)14-12(15)10-4-5-11(16-10)17-3;/h4-5,8-9H,6-7,13H2,1-3H3,(H,14,15);1H. The smallest absolute Gasteiger partial charge is 0.287 e. The molecule has 3 N–H and O–H groups in total. The molecule has 0 fully saturated rings. The van der Waals surface area contributed by atoms with Crippen molar-refractivity contribution in [2.45, 2.75) is 31.4 Å². The van der Waals surface area contributed by atoms with Gasteiger partial charge in [-0.2, -0.15) is 0 Å². The lowest BCUT2D eigenvalue weighted by atomic mass is 10.0. The Morgan fingerprint density at radius 1 is 1.50 bits per heavy atom. The number of carbonyl (C=O) groups is 1. The Balaban J connectivity index is 0.00000289. The summed E-state index contributed by atoms with van der Waals surface area (Å²) in [6.07, 6.45) is 2.78. The van der Waals surface area contributed by atoms with Crippen LogP contribution in [0.1, 0.15) is 30.8 Å². The Morgan fingerprint density at radius 3 is 2.61 bits per heavy atom. The summed E-state index contributed by atoms with van der Waals surface area (Å²) in [4.78, 5) is 11.9. The highest BCUT2D eigenvalue weighted by atomic mass is 35.5. The number of halogens is 1. The summed E-state index contributed by atoms with van der Waals surface area (Å²) < 4.78 is 5.36. The van der Waals surface area contributed by atoms with E-state index < -0.39 is 0 Å². The van der Waals surface area contributed by atoms with E-state index >= 15 is 0 Å². The molecule has 0 aromatic carbocycles. The first-order valence-electron chi connectivity index (χ1n) is 5.71. The Hall–Kier alpha value is -0.650. The molecule has 1 aromatic rings. The van der Waals surface area contributed by atoms with E-state index in [2.05, 4.69) is 19.2 Å². The molecule has 18 heavy (non-hydrogen) atoms. The molecule has 1 heterocycles. The lowest BCUT2D eigenvalue weighted by Gasteiger charge is -2.17. The van der Waals surface area contributed by atoms with Crippen molar-refractivity contribution >= 4 is 30.1 Å². The molecule has 4 nitrogen and oxygen atoms in total. The summed E-state index contributed by atoms with van der Waals surface area (Å²) in [7, 11) is 0. The van der Waals surface area contributed by atoms with Crippen molar-refractivity contribution in [1.29, 1.82) is 0 Å². The number of nitrogens with two attached hydrogens (primary N) is 1. The highest BCUT2D eigenvalue weighted by Crippen LogP contribution is 2.18. The van der Waals surface area contributed by atoms with Crippen LogP contribution in [0.25, 0.3) is 0 Å². The molecule has 0 spiro atoms. The Bertz CT molecular complexity index is 369. The summed E-state index contributed by atoms with van der Waals surface area (Å²) in [5.41, 5.74) is 5.63. The first kappa shape index (κ1) is 17.4. The van der Waals surface area contributed by atoms with Crippen molar-refractivity contribution in [1.82, 2.24) is 5.32 Å². The van der Waals surface area contributed by atoms with Gasteiger partial charge in [-0.1, -0.05) is 25.6 Å². The Morgan fingerprint density at radius 2 is 2.17 bits per heavy atom. The minimum atomic E-state index is -0.193. The van der Waals surface area contributed by atoms with Gasteiger partial charge in [0.2, 0.25) is 0 Å². The minimum absolute atomic E-state index is 0. The SMILES string of the molecule is CSc1ccc(C(=O)NC(CN)CC(C)C)o1.Cl. The number of amides is 1. The van der Waals surface area contributed by atoms with Gasteiger partial charge < -0.3 is 15.5 Å². The molecule has 0 saturated heterocycles. The van der Waals surface area contributed by atoms with E-state index in [4.69, 9.17) is 10.2 Å². The van der Waals surface area contributed by atoms with Crippen molar-refractivity contribution in [3.05, 3.63) is 17.9 Å². The largest absolute Gasteiger partial charge is 0.445 e. The number of furan rings is 1. The van der Waals surface area contributed by atoms with Gasteiger partial charge in [-0.05, 0) is 30.7 Å². The van der Waals surface area contributed by atoms with E-state index in [0.717, 1.165) is 11.5 Å². The van der Waals surface area contributed by atoms with Crippen LogP contribution >= 0.6 is 24.2 Å². The summed E-state index contributed by atoms with van der Waals surface area (Å²) in [6, 6.07) is 3.48. The number of hydrogen-bond donors (Lipinski definition) is 2. The molecule has 6 heteroatoms. The normalized spacial score (nSPS) is 12.1. The fraction of sp³-hybridized carbons (Fsp3) is 0.583. The molecule has 104 valence electrons. The molecule has 1 rings (SSSR count). The second kappa shape index (κ2) is 8.45. The van der Waals surface area contributed by atoms with Gasteiger partial charge in [-0.25, -0.2) is 0 Å². The van der Waals surface area contributed by atoms with Gasteiger partial charge in [-0.3, -0.25) is 4.79 Å². The van der Waals surface area contributed by atoms with Crippen LogP contribution in [-0.4, -0.2) is 24.7 Å². The number of carbonyl (C=O) groups excluding carboxylic acids is 1. The summed E-state index contributed by atoms with van der Waals surface area (Å²) >= 11 is 1.47. The second-order valence-electron chi connectivity index (χ2n) is 4.36. The average Bonchev–Trinajstić information content (AvgIpc) is 2.75. The van der Waals surface area contributed by atoms with Gasteiger partial charge in [0.15, 0.2) is 10.9 Å². The second-order valence-corrected chi connectivity index (χ2v) is 5.17. The number of hydrogen-bond acceptors (Lipinski definition) is 4. The highest BCUT2D eigenvalue weighted by molar-refractivity contribution is 7.98. The predicted octanol–water partition coefficient (Wildman–Crippen LogP) is 2.53. The van der Waals surface area contributed by atoms with Gasteiger partial charge in [0.05, 0.1) is 0 Å². The molecular formula is C12H21ClN2O2S. The zero-order valence-electron chi connectivity index (χ0n) is 10.9. The molecule has 0 bridgehead atoms. The Kier molecular flexibility index (Phi) is 8.15. The molecule has 1 aromatic heterocycles. The first-order valence-corrected chi connectivity index (χ1v) is 6.94. The van der Waals surface area contributed by atoms with Gasteiger partial charge in [-0.15, -0.1) is 12.4 Å². The molecule has 1 amide bonds. The quantitative estimate of drug-likeness (QED) is 0.791. The van der Waals surface area contributed by atoms with Crippen molar-refractivity contribution in [2.24, 2.45) is 11.7 Å². The van der Waals surface area contributed by atoms with Gasteiger partial charge >= 0.3 is 0 Å². The van der Waals surface area contributed by atoms with Gasteiger partial charge in [0.25, 0.3) is 5.91 Å². The fourth-order valence-corrected chi connectivity index (χ4v) is 1.97. The maximum atomic E-state index is 11.9. The minimum Gasteiger partial charge on any atom is -0.445 e. The molecule has 0 aliphatic heterocycles. The highest BCUT2D eigenvalue weighted by Gasteiger charge is 2.16. The van der Waals surface area contributed by atoms with E-state index in [9.17, 15) is 4.79 Å². The molecular weight excluding hydrogens is 272 g/mol. The van der Waals surface area contributed by atoms with E-state index in [1.54, 1.807) is 12.1 Å². The fourth-order valence-electron chi connectivity index (χ4n) is 1.59. The maximum Gasteiger partial charge on any atom is 0.287 e. The average molecular weight is 293 g/mol. The third kappa shape index (κ3) is 5.33. The lowest BCUT2D eigenvalue weighted by Crippen LogP contribution is -2.40. The van der Waals surface area contributed by atoms with E-state index in [0.29, 0.717) is 18.2 Å². The first-order chi connectivity index (χ1) is 8.06. The summed E-state index contributed by atoms with van der Waals surface area (Å²) in [6.45, 7) is 4.65. The molecule has 0 saturated carbocycles. The number of thioether (sulfide) groups is 1. The van der Waals surface area contributed by atoms with Crippen LogP contribution in [0.3, 0.4) is 0 Å². The molecule has 0 radical (unpaired) electrons. The zero-order valence-corrected chi connectivity index (χ0v) is 12.6. The van der Waals surface area contributed by atoms with Crippen LogP contribution in [-0.2, 0) is 0 Å². The van der Waals surface area contributed by atoms with Crippen LogP contribution in [0, 0.1) is 5.92 Å². The van der Waals surface area contributed by atoms with Crippen molar-refractivity contribution in [3.63, 3.8) is 0 Å². The van der Waals surface area contributed by atoms with Crippen molar-refractivity contribution in [3.8, 4) is 0 Å². The number of nitrogens with one attached hydrogen (secondary N) is 1. The topological polar surface area (TPSA) is 68.3 Å². The van der Waals surface area contributed by atoms with Crippen molar-refractivity contribution < 1.29 is 9.21 Å². The van der Waals surface area contributed by atoms with Gasteiger partial charge in [0, 0.05) is 12.6 Å².